The van der Waals surface area contributed by atoms with Gasteiger partial charge in [-0.3, -0.25) is 14.7 Å². The van der Waals surface area contributed by atoms with E-state index in [2.05, 4.69) is 4.99 Å². The van der Waals surface area contributed by atoms with E-state index in [1.165, 1.54) is 11.8 Å². The van der Waals surface area contributed by atoms with Gasteiger partial charge in [-0.2, -0.15) is 0 Å². The lowest BCUT2D eigenvalue weighted by atomic mass is 10.1. The number of ether oxygens (including phenoxy) is 1. The Labute approximate surface area is 173 Å². The fourth-order valence-corrected chi connectivity index (χ4v) is 4.33. The second kappa shape index (κ2) is 9.49. The van der Waals surface area contributed by atoms with Gasteiger partial charge in [0.25, 0.3) is 0 Å². The van der Waals surface area contributed by atoms with Crippen LogP contribution in [0, 0.1) is 0 Å². The molecule has 1 aliphatic rings. The number of nitrogens with zero attached hydrogens (tertiary/aromatic N) is 2. The molecule has 2 aromatic rings. The van der Waals surface area contributed by atoms with Crippen molar-refractivity contribution in [2.24, 2.45) is 4.99 Å². The van der Waals surface area contributed by atoms with Gasteiger partial charge in [-0.15, -0.1) is 0 Å². The topological polar surface area (TPSA) is 41.9 Å². The van der Waals surface area contributed by atoms with Gasteiger partial charge >= 0.3 is 0 Å². The minimum Gasteiger partial charge on any atom is -0.494 e. The van der Waals surface area contributed by atoms with E-state index in [0.717, 1.165) is 22.0 Å². The molecule has 0 spiro atoms. The molecule has 3 rings (SSSR count). The van der Waals surface area contributed by atoms with Crippen LogP contribution in [0.3, 0.4) is 0 Å². The van der Waals surface area contributed by atoms with E-state index >= 15 is 0 Å². The van der Waals surface area contributed by atoms with Crippen molar-refractivity contribution in [1.82, 2.24) is 4.90 Å². The van der Waals surface area contributed by atoms with Gasteiger partial charge in [0.2, 0.25) is 5.91 Å². The van der Waals surface area contributed by atoms with E-state index in [0.29, 0.717) is 41.9 Å². The van der Waals surface area contributed by atoms with Crippen LogP contribution in [0.5, 0.6) is 5.75 Å². The molecule has 0 saturated heterocycles. The molecule has 0 atom stereocenters. The molecule has 0 bridgehead atoms. The van der Waals surface area contributed by atoms with Crippen molar-refractivity contribution in [3.8, 4) is 5.75 Å². The van der Waals surface area contributed by atoms with Crippen molar-refractivity contribution in [2.75, 3.05) is 19.7 Å². The average Bonchev–Trinajstić information content (AvgIpc) is 3.11. The van der Waals surface area contributed by atoms with Crippen LogP contribution in [-0.4, -0.2) is 35.7 Å². The zero-order valence-electron chi connectivity index (χ0n) is 15.0. The van der Waals surface area contributed by atoms with Crippen LogP contribution in [-0.2, 0) is 17.0 Å². The molecule has 27 heavy (non-hydrogen) atoms. The number of carbonyl (C=O) groups is 1. The zero-order valence-corrected chi connectivity index (χ0v) is 17.3. The first-order valence-corrected chi connectivity index (χ1v) is 10.4. The number of rotatable bonds is 6. The van der Waals surface area contributed by atoms with Gasteiger partial charge < -0.3 is 4.74 Å². The van der Waals surface area contributed by atoms with Gasteiger partial charge in [0, 0.05) is 22.3 Å². The normalized spacial score (nSPS) is 13.6. The third kappa shape index (κ3) is 5.41. The standard InChI is InChI=1S/C20H20Cl2N2O2S/c1-2-26-17-7-3-14(4-8-17)11-19(25)24-10-9-23-20(24)27-13-15-5-6-16(21)12-18(15)22/h3-8,12H,2,9-11,13H2,1H3. The first-order chi connectivity index (χ1) is 13.1. The third-order valence-electron chi connectivity index (χ3n) is 4.06. The molecule has 0 fully saturated rings. The second-order valence-electron chi connectivity index (χ2n) is 5.99. The highest BCUT2D eigenvalue weighted by Crippen LogP contribution is 2.27. The number of aliphatic imine (C=N–C) groups is 1. The van der Waals surface area contributed by atoms with Gasteiger partial charge in [0.15, 0.2) is 5.17 Å². The molecular weight excluding hydrogens is 403 g/mol. The number of hydrogen-bond acceptors (Lipinski definition) is 4. The molecule has 2 aromatic carbocycles. The number of amidine groups is 1. The van der Waals surface area contributed by atoms with Crippen molar-refractivity contribution in [2.45, 2.75) is 19.1 Å². The summed E-state index contributed by atoms with van der Waals surface area (Å²) >= 11 is 13.7. The Bertz CT molecular complexity index is 840. The number of benzene rings is 2. The summed E-state index contributed by atoms with van der Waals surface area (Å²) < 4.78 is 5.44. The monoisotopic (exact) mass is 422 g/mol. The Hall–Kier alpha value is -1.69. The van der Waals surface area contributed by atoms with Crippen LogP contribution in [0.15, 0.2) is 47.5 Å². The predicted octanol–water partition coefficient (Wildman–Crippen LogP) is 5.07. The van der Waals surface area contributed by atoms with Crippen molar-refractivity contribution in [1.29, 1.82) is 0 Å². The zero-order chi connectivity index (χ0) is 19.2. The van der Waals surface area contributed by atoms with Crippen molar-refractivity contribution < 1.29 is 9.53 Å². The number of amides is 1. The van der Waals surface area contributed by atoms with Crippen molar-refractivity contribution >= 4 is 46.0 Å². The number of halogens is 2. The summed E-state index contributed by atoms with van der Waals surface area (Å²) in [4.78, 5) is 18.9. The Kier molecular flexibility index (Phi) is 7.05. The molecule has 142 valence electrons. The first kappa shape index (κ1) is 20.1. The van der Waals surface area contributed by atoms with E-state index in [4.69, 9.17) is 27.9 Å². The van der Waals surface area contributed by atoms with Gasteiger partial charge in [0.1, 0.15) is 5.75 Å². The molecule has 0 aromatic heterocycles. The van der Waals surface area contributed by atoms with Gasteiger partial charge in [-0.25, -0.2) is 0 Å². The second-order valence-corrected chi connectivity index (χ2v) is 7.77. The molecule has 0 unspecified atom stereocenters. The van der Waals surface area contributed by atoms with Crippen LogP contribution in [0.4, 0.5) is 0 Å². The molecule has 1 aliphatic heterocycles. The fraction of sp³-hybridized carbons (Fsp3) is 0.300. The predicted molar refractivity (Wildman–Crippen MR) is 113 cm³/mol. The highest BCUT2D eigenvalue weighted by molar-refractivity contribution is 8.13. The SMILES string of the molecule is CCOc1ccc(CC(=O)N2CCN=C2SCc2ccc(Cl)cc2Cl)cc1. The lowest BCUT2D eigenvalue weighted by molar-refractivity contribution is -0.126. The van der Waals surface area contributed by atoms with Crippen LogP contribution in [0.2, 0.25) is 10.0 Å². The summed E-state index contributed by atoms with van der Waals surface area (Å²) in [7, 11) is 0. The van der Waals surface area contributed by atoms with E-state index < -0.39 is 0 Å². The van der Waals surface area contributed by atoms with Crippen LogP contribution in [0.1, 0.15) is 18.1 Å². The number of hydrogen-bond donors (Lipinski definition) is 0. The Balaban J connectivity index is 1.58. The van der Waals surface area contributed by atoms with Crippen LogP contribution < -0.4 is 4.74 Å². The van der Waals surface area contributed by atoms with E-state index in [1.807, 2.05) is 43.3 Å². The van der Waals surface area contributed by atoms with Crippen LogP contribution in [0.25, 0.3) is 0 Å². The minimum atomic E-state index is 0.0464. The molecule has 0 saturated carbocycles. The maximum atomic E-state index is 12.7. The number of thioether (sulfide) groups is 1. The van der Waals surface area contributed by atoms with Crippen molar-refractivity contribution in [3.63, 3.8) is 0 Å². The molecule has 7 heteroatoms. The first-order valence-electron chi connectivity index (χ1n) is 8.70. The highest BCUT2D eigenvalue weighted by Gasteiger charge is 2.24. The average molecular weight is 423 g/mol. The molecule has 0 N–H and O–H groups in total. The quantitative estimate of drug-likeness (QED) is 0.652. The summed E-state index contributed by atoms with van der Waals surface area (Å²) in [6.07, 6.45) is 0.341. The lowest BCUT2D eigenvalue weighted by Gasteiger charge is -2.18. The number of carbonyl (C=O) groups excluding carboxylic acids is 1. The largest absolute Gasteiger partial charge is 0.494 e. The molecule has 0 aliphatic carbocycles. The maximum Gasteiger partial charge on any atom is 0.233 e. The third-order valence-corrected chi connectivity index (χ3v) is 5.71. The summed E-state index contributed by atoms with van der Waals surface area (Å²) in [6.45, 7) is 3.82. The van der Waals surface area contributed by atoms with E-state index in [1.54, 1.807) is 11.0 Å². The van der Waals surface area contributed by atoms with Crippen molar-refractivity contribution in [3.05, 3.63) is 63.6 Å². The van der Waals surface area contributed by atoms with Crippen LogP contribution >= 0.6 is 35.0 Å². The summed E-state index contributed by atoms with van der Waals surface area (Å²) in [5, 5.41) is 1.98. The van der Waals surface area contributed by atoms with E-state index in [9.17, 15) is 4.79 Å². The minimum absolute atomic E-state index is 0.0464. The Morgan fingerprint density at radius 3 is 2.70 bits per heavy atom. The van der Waals surface area contributed by atoms with E-state index in [-0.39, 0.29) is 5.91 Å². The molecule has 0 radical (unpaired) electrons. The summed E-state index contributed by atoms with van der Waals surface area (Å²) in [5.74, 6) is 1.50. The smallest absolute Gasteiger partial charge is 0.233 e. The molecule has 1 heterocycles. The lowest BCUT2D eigenvalue weighted by Crippen LogP contribution is -2.34. The van der Waals surface area contributed by atoms with Gasteiger partial charge in [0.05, 0.1) is 19.6 Å². The van der Waals surface area contributed by atoms with Gasteiger partial charge in [-0.05, 0) is 42.3 Å². The fourth-order valence-electron chi connectivity index (χ4n) is 2.70. The Morgan fingerprint density at radius 1 is 1.22 bits per heavy atom. The Morgan fingerprint density at radius 2 is 2.00 bits per heavy atom. The molecular formula is C20H20Cl2N2O2S. The molecule has 1 amide bonds. The summed E-state index contributed by atoms with van der Waals surface area (Å²) in [6, 6.07) is 13.1. The van der Waals surface area contributed by atoms with Gasteiger partial charge in [-0.1, -0.05) is 53.2 Å². The highest BCUT2D eigenvalue weighted by atomic mass is 35.5. The maximum absolute atomic E-state index is 12.7. The summed E-state index contributed by atoms with van der Waals surface area (Å²) in [5.41, 5.74) is 1.93. The molecule has 4 nitrogen and oxygen atoms in total.